The molecule has 3 aromatic rings. The first kappa shape index (κ1) is 21.0. The molecule has 32 heavy (non-hydrogen) atoms. The Labute approximate surface area is 190 Å². The van der Waals surface area contributed by atoms with E-state index in [2.05, 4.69) is 24.3 Å². The molecule has 1 aromatic heterocycles. The molecule has 166 valence electrons. The fraction of sp³-hybridized carbons (Fsp3) is 0.407. The molecule has 0 unspecified atom stereocenters. The lowest BCUT2D eigenvalue weighted by atomic mass is 10.0. The number of nitrogens with zero attached hydrogens (tertiary/aromatic N) is 3. The van der Waals surface area contributed by atoms with E-state index in [0.717, 1.165) is 57.3 Å². The maximum absolute atomic E-state index is 13.5. The molecule has 0 spiro atoms. The largest absolute Gasteiger partial charge is 0.373 e. The van der Waals surface area contributed by atoms with E-state index in [4.69, 9.17) is 9.84 Å². The van der Waals surface area contributed by atoms with Gasteiger partial charge in [0.1, 0.15) is 0 Å². The van der Waals surface area contributed by atoms with Crippen LogP contribution in [0.1, 0.15) is 59.4 Å². The molecular weight excluding hydrogens is 398 g/mol. The van der Waals surface area contributed by atoms with Gasteiger partial charge >= 0.3 is 0 Å². The minimum atomic E-state index is 0.0827. The quantitative estimate of drug-likeness (QED) is 0.539. The minimum absolute atomic E-state index is 0.0827. The highest BCUT2D eigenvalue weighted by Gasteiger charge is 2.30. The summed E-state index contributed by atoms with van der Waals surface area (Å²) in [4.78, 5) is 15.5. The van der Waals surface area contributed by atoms with Crippen molar-refractivity contribution in [1.29, 1.82) is 0 Å². The molecule has 1 fully saturated rings. The van der Waals surface area contributed by atoms with Crippen molar-refractivity contribution in [3.8, 4) is 5.69 Å². The molecule has 0 bridgehead atoms. The summed E-state index contributed by atoms with van der Waals surface area (Å²) in [5, 5.41) is 4.87. The van der Waals surface area contributed by atoms with Crippen molar-refractivity contribution in [1.82, 2.24) is 14.7 Å². The van der Waals surface area contributed by atoms with E-state index >= 15 is 0 Å². The van der Waals surface area contributed by atoms with Crippen LogP contribution in [0.4, 0.5) is 0 Å². The van der Waals surface area contributed by atoms with Gasteiger partial charge in [-0.3, -0.25) is 4.79 Å². The van der Waals surface area contributed by atoms with E-state index in [1.165, 1.54) is 23.2 Å². The Morgan fingerprint density at radius 2 is 1.59 bits per heavy atom. The number of fused-ring (bicyclic) bond motifs is 1. The first-order chi connectivity index (χ1) is 15.8. The smallest absolute Gasteiger partial charge is 0.274 e. The Hall–Kier alpha value is -2.92. The van der Waals surface area contributed by atoms with Gasteiger partial charge in [0.05, 0.1) is 18.4 Å². The zero-order valence-corrected chi connectivity index (χ0v) is 18.6. The van der Waals surface area contributed by atoms with Crippen LogP contribution in [0.5, 0.6) is 0 Å². The minimum Gasteiger partial charge on any atom is -0.373 e. The number of rotatable bonds is 5. The zero-order valence-electron chi connectivity index (χ0n) is 18.6. The molecule has 2 heterocycles. The number of likely N-dealkylation sites (tertiary alicyclic amines) is 1. The molecule has 0 saturated carbocycles. The summed E-state index contributed by atoms with van der Waals surface area (Å²) in [6.07, 6.45) is 7.38. The van der Waals surface area contributed by atoms with Crippen LogP contribution >= 0.6 is 0 Å². The topological polar surface area (TPSA) is 47.4 Å². The standard InChI is InChI=1S/C27H31N3O2/c31-27(29-18-16-23(17-19-29)32-20-21-10-4-1-5-11-21)26-24-14-8-3-9-15-25(24)30(28-26)22-12-6-2-7-13-22/h1-2,4-7,10-13,23H,3,8-9,14-20H2. The number of benzene rings is 2. The molecule has 2 aromatic carbocycles. The highest BCUT2D eigenvalue weighted by Crippen LogP contribution is 2.28. The highest BCUT2D eigenvalue weighted by atomic mass is 16.5. The first-order valence-corrected chi connectivity index (χ1v) is 11.9. The van der Waals surface area contributed by atoms with Gasteiger partial charge in [-0.2, -0.15) is 5.10 Å². The summed E-state index contributed by atoms with van der Waals surface area (Å²) in [5.41, 5.74) is 5.28. The Morgan fingerprint density at radius 3 is 2.34 bits per heavy atom. The summed E-state index contributed by atoms with van der Waals surface area (Å²) in [6.45, 7) is 2.09. The second-order valence-corrected chi connectivity index (χ2v) is 8.87. The van der Waals surface area contributed by atoms with Crippen LogP contribution in [0.15, 0.2) is 60.7 Å². The summed E-state index contributed by atoms with van der Waals surface area (Å²) in [7, 11) is 0. The molecule has 2 aliphatic rings. The van der Waals surface area contributed by atoms with E-state index in [1.807, 2.05) is 46.0 Å². The number of amides is 1. The first-order valence-electron chi connectivity index (χ1n) is 11.9. The lowest BCUT2D eigenvalue weighted by molar-refractivity contribution is -0.000540. The predicted octanol–water partition coefficient (Wildman–Crippen LogP) is 4.96. The monoisotopic (exact) mass is 429 g/mol. The van der Waals surface area contributed by atoms with Crippen LogP contribution in [0, 0.1) is 0 Å². The van der Waals surface area contributed by atoms with E-state index in [1.54, 1.807) is 0 Å². The normalized spacial score (nSPS) is 17.1. The zero-order chi connectivity index (χ0) is 21.8. The number of carbonyl (C=O) groups excluding carboxylic acids is 1. The summed E-state index contributed by atoms with van der Waals surface area (Å²) >= 11 is 0. The number of ether oxygens (including phenoxy) is 1. The Kier molecular flexibility index (Phi) is 6.35. The van der Waals surface area contributed by atoms with E-state index in [9.17, 15) is 4.79 Å². The lowest BCUT2D eigenvalue weighted by Crippen LogP contribution is -2.41. The van der Waals surface area contributed by atoms with Crippen LogP contribution in [-0.4, -0.2) is 39.8 Å². The highest BCUT2D eigenvalue weighted by molar-refractivity contribution is 5.94. The lowest BCUT2D eigenvalue weighted by Gasteiger charge is -2.31. The van der Waals surface area contributed by atoms with Gasteiger partial charge in [-0.25, -0.2) is 4.68 Å². The molecule has 5 rings (SSSR count). The summed E-state index contributed by atoms with van der Waals surface area (Å²) in [5.74, 6) is 0.0827. The fourth-order valence-corrected chi connectivity index (χ4v) is 4.89. The second-order valence-electron chi connectivity index (χ2n) is 8.87. The van der Waals surface area contributed by atoms with Crippen molar-refractivity contribution in [3.05, 3.63) is 83.2 Å². The van der Waals surface area contributed by atoms with Crippen molar-refractivity contribution in [3.63, 3.8) is 0 Å². The average Bonchev–Trinajstić information content (AvgIpc) is 3.04. The Morgan fingerprint density at radius 1 is 0.906 bits per heavy atom. The van der Waals surface area contributed by atoms with E-state index in [0.29, 0.717) is 12.3 Å². The molecule has 0 radical (unpaired) electrons. The molecular formula is C27H31N3O2. The molecule has 1 saturated heterocycles. The number of aromatic nitrogens is 2. The molecule has 1 aliphatic heterocycles. The fourth-order valence-electron chi connectivity index (χ4n) is 4.89. The van der Waals surface area contributed by atoms with Gasteiger partial charge in [-0.05, 0) is 56.2 Å². The van der Waals surface area contributed by atoms with Crippen molar-refractivity contribution < 1.29 is 9.53 Å². The van der Waals surface area contributed by atoms with Crippen LogP contribution in [0.3, 0.4) is 0 Å². The second kappa shape index (κ2) is 9.70. The molecule has 0 N–H and O–H groups in total. The molecule has 0 atom stereocenters. The Bertz CT molecular complexity index is 1040. The van der Waals surface area contributed by atoms with Crippen molar-refractivity contribution >= 4 is 5.91 Å². The maximum atomic E-state index is 13.5. The van der Waals surface area contributed by atoms with Gasteiger partial charge in [-0.1, -0.05) is 55.0 Å². The number of piperidine rings is 1. The number of carbonyl (C=O) groups is 1. The van der Waals surface area contributed by atoms with Gasteiger partial charge in [-0.15, -0.1) is 0 Å². The third-order valence-electron chi connectivity index (χ3n) is 6.69. The number of hydrogen-bond donors (Lipinski definition) is 0. The molecule has 1 aliphatic carbocycles. The van der Waals surface area contributed by atoms with Gasteiger partial charge in [0.25, 0.3) is 5.91 Å². The number of para-hydroxylation sites is 1. The van der Waals surface area contributed by atoms with Crippen LogP contribution in [0.2, 0.25) is 0 Å². The van der Waals surface area contributed by atoms with Gasteiger partial charge in [0.15, 0.2) is 5.69 Å². The molecule has 1 amide bonds. The average molecular weight is 430 g/mol. The van der Waals surface area contributed by atoms with Gasteiger partial charge in [0, 0.05) is 24.3 Å². The summed E-state index contributed by atoms with van der Waals surface area (Å²) in [6, 6.07) is 20.5. The third-order valence-corrected chi connectivity index (χ3v) is 6.69. The predicted molar refractivity (Wildman–Crippen MR) is 125 cm³/mol. The van der Waals surface area contributed by atoms with Crippen molar-refractivity contribution in [2.75, 3.05) is 13.1 Å². The van der Waals surface area contributed by atoms with Gasteiger partial charge < -0.3 is 9.64 Å². The van der Waals surface area contributed by atoms with Crippen molar-refractivity contribution in [2.45, 2.75) is 57.7 Å². The Balaban J connectivity index is 1.29. The molecule has 5 heteroatoms. The van der Waals surface area contributed by atoms with Crippen molar-refractivity contribution in [2.24, 2.45) is 0 Å². The van der Waals surface area contributed by atoms with E-state index in [-0.39, 0.29) is 12.0 Å². The SMILES string of the molecule is O=C(c1nn(-c2ccccc2)c2c1CCCCC2)N1CCC(OCc2ccccc2)CC1. The molecule has 5 nitrogen and oxygen atoms in total. The van der Waals surface area contributed by atoms with E-state index < -0.39 is 0 Å². The van der Waals surface area contributed by atoms with Gasteiger partial charge in [0.2, 0.25) is 0 Å². The number of hydrogen-bond acceptors (Lipinski definition) is 3. The third kappa shape index (κ3) is 4.49. The maximum Gasteiger partial charge on any atom is 0.274 e. The van der Waals surface area contributed by atoms with Crippen LogP contribution < -0.4 is 0 Å². The summed E-state index contributed by atoms with van der Waals surface area (Å²) < 4.78 is 8.13. The van der Waals surface area contributed by atoms with Crippen LogP contribution in [-0.2, 0) is 24.2 Å². The van der Waals surface area contributed by atoms with Crippen LogP contribution in [0.25, 0.3) is 5.69 Å².